The Morgan fingerprint density at radius 1 is 1.14 bits per heavy atom. The number of carbonyl (C=O) groups is 2. The summed E-state index contributed by atoms with van der Waals surface area (Å²) in [6.45, 7) is 2.39. The fourth-order valence-corrected chi connectivity index (χ4v) is 4.77. The number of carbonyl (C=O) groups excluding carboxylic acids is 2. The lowest BCUT2D eigenvalue weighted by molar-refractivity contribution is -0.0680. The average molecular weight is 506 g/mol. The number of pyridine rings is 1. The second-order valence-corrected chi connectivity index (χ2v) is 9.60. The van der Waals surface area contributed by atoms with E-state index in [-0.39, 0.29) is 24.4 Å². The standard InChI is InChI=1S/C29H32FN3O4/c1-20(21-5-7-22(8-6-21)23-17-24(19-31-18-23)27(35)32(2)3)33-15-14-29(13-4-16-34,37-28(33)36)25-9-11-26(30)12-10-25/h5-12,17-20,34H,4,13-16H2,1-3H3/t20-,29+/m0/s1. The number of rotatable bonds is 8. The molecule has 2 atom stereocenters. The molecule has 1 saturated heterocycles. The minimum absolute atomic E-state index is 0.0192. The molecule has 1 aliphatic heterocycles. The van der Waals surface area contributed by atoms with Crippen LogP contribution in [0.1, 0.15) is 53.7 Å². The van der Waals surface area contributed by atoms with Gasteiger partial charge in [0.2, 0.25) is 0 Å². The smallest absolute Gasteiger partial charge is 0.411 e. The van der Waals surface area contributed by atoms with Crippen molar-refractivity contribution in [3.8, 4) is 11.1 Å². The van der Waals surface area contributed by atoms with Gasteiger partial charge in [0.25, 0.3) is 5.91 Å². The number of halogens is 1. The normalized spacial score (nSPS) is 18.3. The van der Waals surface area contributed by atoms with Crippen molar-refractivity contribution in [3.63, 3.8) is 0 Å². The molecule has 0 aliphatic carbocycles. The first-order valence-electron chi connectivity index (χ1n) is 12.4. The van der Waals surface area contributed by atoms with Gasteiger partial charge in [0.1, 0.15) is 11.4 Å². The highest BCUT2D eigenvalue weighted by Gasteiger charge is 2.43. The van der Waals surface area contributed by atoms with Crippen molar-refractivity contribution in [1.82, 2.24) is 14.8 Å². The number of aromatic nitrogens is 1. The van der Waals surface area contributed by atoms with E-state index in [1.165, 1.54) is 17.0 Å². The summed E-state index contributed by atoms with van der Waals surface area (Å²) in [5, 5.41) is 9.39. The molecule has 37 heavy (non-hydrogen) atoms. The Kier molecular flexibility index (Phi) is 7.88. The van der Waals surface area contributed by atoms with Crippen LogP contribution in [-0.2, 0) is 10.3 Å². The molecule has 1 fully saturated rings. The van der Waals surface area contributed by atoms with Gasteiger partial charge in [-0.25, -0.2) is 9.18 Å². The molecule has 2 aromatic carbocycles. The number of hydrogen-bond acceptors (Lipinski definition) is 5. The second kappa shape index (κ2) is 11.1. The van der Waals surface area contributed by atoms with Gasteiger partial charge in [-0.2, -0.15) is 0 Å². The van der Waals surface area contributed by atoms with Gasteiger partial charge >= 0.3 is 6.09 Å². The Morgan fingerprint density at radius 2 is 1.84 bits per heavy atom. The highest BCUT2D eigenvalue weighted by atomic mass is 19.1. The summed E-state index contributed by atoms with van der Waals surface area (Å²) >= 11 is 0. The molecule has 1 N–H and O–H groups in total. The van der Waals surface area contributed by atoms with Crippen LogP contribution in [0.5, 0.6) is 0 Å². The van der Waals surface area contributed by atoms with Crippen LogP contribution >= 0.6 is 0 Å². The van der Waals surface area contributed by atoms with E-state index in [0.29, 0.717) is 31.4 Å². The Morgan fingerprint density at radius 3 is 2.46 bits per heavy atom. The van der Waals surface area contributed by atoms with E-state index in [1.54, 1.807) is 43.5 Å². The summed E-state index contributed by atoms with van der Waals surface area (Å²) < 4.78 is 19.5. The predicted octanol–water partition coefficient (Wildman–Crippen LogP) is 5.16. The zero-order valence-electron chi connectivity index (χ0n) is 21.4. The van der Waals surface area contributed by atoms with Crippen LogP contribution in [0.4, 0.5) is 9.18 Å². The average Bonchev–Trinajstić information content (AvgIpc) is 2.91. The molecule has 0 bridgehead atoms. The minimum atomic E-state index is -0.893. The van der Waals surface area contributed by atoms with E-state index in [1.807, 2.05) is 37.3 Å². The van der Waals surface area contributed by atoms with Crippen molar-refractivity contribution in [2.45, 2.75) is 37.8 Å². The van der Waals surface area contributed by atoms with E-state index >= 15 is 0 Å². The Balaban J connectivity index is 1.50. The molecule has 0 spiro atoms. The van der Waals surface area contributed by atoms with E-state index < -0.39 is 11.7 Å². The molecule has 8 heteroatoms. The summed E-state index contributed by atoms with van der Waals surface area (Å²) in [7, 11) is 3.40. The molecule has 2 amide bonds. The van der Waals surface area contributed by atoms with E-state index in [4.69, 9.17) is 4.74 Å². The lowest BCUT2D eigenvalue weighted by atomic mass is 9.84. The largest absolute Gasteiger partial charge is 0.438 e. The molecular formula is C29H32FN3O4. The summed E-state index contributed by atoms with van der Waals surface area (Å²) in [6.07, 6.45) is 4.29. The second-order valence-electron chi connectivity index (χ2n) is 9.60. The van der Waals surface area contributed by atoms with Gasteiger partial charge in [0, 0.05) is 51.6 Å². The molecule has 1 aliphatic rings. The molecule has 0 saturated carbocycles. The maximum Gasteiger partial charge on any atom is 0.411 e. The third kappa shape index (κ3) is 5.64. The van der Waals surface area contributed by atoms with Crippen molar-refractivity contribution in [3.05, 3.63) is 89.5 Å². The van der Waals surface area contributed by atoms with Crippen LogP contribution in [0, 0.1) is 5.82 Å². The first-order valence-corrected chi connectivity index (χ1v) is 12.4. The van der Waals surface area contributed by atoms with Gasteiger partial charge in [0.05, 0.1) is 11.6 Å². The first-order chi connectivity index (χ1) is 17.7. The van der Waals surface area contributed by atoms with Crippen molar-refractivity contribution in [2.75, 3.05) is 27.2 Å². The predicted molar refractivity (Wildman–Crippen MR) is 138 cm³/mol. The van der Waals surface area contributed by atoms with Crippen LogP contribution in [0.25, 0.3) is 11.1 Å². The Hall–Kier alpha value is -3.78. The Labute approximate surface area is 216 Å². The Bertz CT molecular complexity index is 1250. The van der Waals surface area contributed by atoms with Gasteiger partial charge in [0.15, 0.2) is 0 Å². The van der Waals surface area contributed by atoms with Crippen LogP contribution in [0.15, 0.2) is 67.0 Å². The maximum atomic E-state index is 13.5. The van der Waals surface area contributed by atoms with E-state index in [2.05, 4.69) is 4.98 Å². The lowest BCUT2D eigenvalue weighted by Gasteiger charge is -2.43. The number of benzene rings is 2. The monoisotopic (exact) mass is 505 g/mol. The summed E-state index contributed by atoms with van der Waals surface area (Å²) in [5.74, 6) is -0.465. The molecule has 2 heterocycles. The van der Waals surface area contributed by atoms with Gasteiger partial charge in [-0.1, -0.05) is 36.4 Å². The van der Waals surface area contributed by atoms with Gasteiger partial charge in [-0.05, 0) is 54.7 Å². The molecule has 0 radical (unpaired) electrons. The topological polar surface area (TPSA) is 83.0 Å². The number of aliphatic hydroxyl groups excluding tert-OH is 1. The third-order valence-electron chi connectivity index (χ3n) is 6.97. The van der Waals surface area contributed by atoms with Crippen molar-refractivity contribution >= 4 is 12.0 Å². The number of hydrogen-bond donors (Lipinski definition) is 1. The number of amides is 2. The van der Waals surface area contributed by atoms with Crippen molar-refractivity contribution in [1.29, 1.82) is 0 Å². The molecule has 0 unspecified atom stereocenters. The SMILES string of the molecule is C[C@@H](c1ccc(-c2cncc(C(=O)N(C)C)c2)cc1)N1CC[C@](CCCO)(c2ccc(F)cc2)OC1=O. The molecular weight excluding hydrogens is 473 g/mol. The number of nitrogens with zero attached hydrogens (tertiary/aromatic N) is 3. The summed E-state index contributed by atoms with van der Waals surface area (Å²) in [4.78, 5) is 32.9. The zero-order chi connectivity index (χ0) is 26.6. The van der Waals surface area contributed by atoms with Crippen LogP contribution < -0.4 is 0 Å². The van der Waals surface area contributed by atoms with Crippen molar-refractivity contribution in [2.24, 2.45) is 0 Å². The number of aliphatic hydroxyl groups is 1. The van der Waals surface area contributed by atoms with Crippen LogP contribution in [0.3, 0.4) is 0 Å². The van der Waals surface area contributed by atoms with E-state index in [0.717, 1.165) is 22.3 Å². The highest BCUT2D eigenvalue weighted by molar-refractivity contribution is 5.94. The summed E-state index contributed by atoms with van der Waals surface area (Å²) in [6, 6.07) is 15.4. The highest BCUT2D eigenvalue weighted by Crippen LogP contribution is 2.40. The first kappa shape index (κ1) is 26.3. The molecule has 7 nitrogen and oxygen atoms in total. The zero-order valence-corrected chi connectivity index (χ0v) is 21.4. The maximum absolute atomic E-state index is 13.5. The fraction of sp³-hybridized carbons (Fsp3) is 0.345. The molecule has 3 aromatic rings. The van der Waals surface area contributed by atoms with Gasteiger partial charge in [-0.3, -0.25) is 9.78 Å². The number of cyclic esters (lactones) is 1. The third-order valence-corrected chi connectivity index (χ3v) is 6.97. The summed E-state index contributed by atoms with van der Waals surface area (Å²) in [5.41, 5.74) is 3.04. The van der Waals surface area contributed by atoms with Gasteiger partial charge in [-0.15, -0.1) is 0 Å². The molecule has 194 valence electrons. The molecule has 1 aromatic heterocycles. The number of ether oxygens (including phenoxy) is 1. The van der Waals surface area contributed by atoms with Crippen molar-refractivity contribution < 1.29 is 23.8 Å². The molecule has 4 rings (SSSR count). The van der Waals surface area contributed by atoms with Crippen LogP contribution in [-0.4, -0.2) is 59.1 Å². The lowest BCUT2D eigenvalue weighted by Crippen LogP contribution is -2.48. The van der Waals surface area contributed by atoms with E-state index in [9.17, 15) is 19.1 Å². The quantitative estimate of drug-likeness (QED) is 0.457. The van der Waals surface area contributed by atoms with Crippen LogP contribution in [0.2, 0.25) is 0 Å². The fourth-order valence-electron chi connectivity index (χ4n) is 4.77. The van der Waals surface area contributed by atoms with Gasteiger partial charge < -0.3 is 19.6 Å². The minimum Gasteiger partial charge on any atom is -0.438 e.